The third-order valence-electron chi connectivity index (χ3n) is 5.00. The molecule has 1 aliphatic carbocycles. The summed E-state index contributed by atoms with van der Waals surface area (Å²) in [5, 5.41) is 3.27. The molecule has 1 saturated carbocycles. The third kappa shape index (κ3) is 4.18. The number of rotatable bonds is 3. The zero-order valence-electron chi connectivity index (χ0n) is 14.0. The van der Waals surface area contributed by atoms with Gasteiger partial charge in [-0.2, -0.15) is 0 Å². The van der Waals surface area contributed by atoms with Crippen molar-refractivity contribution >= 4 is 5.91 Å². The summed E-state index contributed by atoms with van der Waals surface area (Å²) in [4.78, 5) is 12.6. The molecule has 1 heterocycles. The van der Waals surface area contributed by atoms with Gasteiger partial charge in [-0.25, -0.2) is 0 Å². The van der Waals surface area contributed by atoms with Gasteiger partial charge in [0, 0.05) is 6.04 Å². The van der Waals surface area contributed by atoms with Crippen molar-refractivity contribution in [2.24, 2.45) is 5.92 Å². The molecule has 1 aromatic carbocycles. The minimum absolute atomic E-state index is 0.0972. The molecule has 1 aromatic rings. The summed E-state index contributed by atoms with van der Waals surface area (Å²) in [6.45, 7) is 0.470. The van der Waals surface area contributed by atoms with E-state index >= 15 is 0 Å². The SMILES string of the molecule is COc1ccc2c(c1)C[C@H](C(=O)NC1CCCCCCC1)CO2. The zero-order chi connectivity index (χ0) is 16.1. The van der Waals surface area contributed by atoms with Crippen LogP contribution in [0.3, 0.4) is 0 Å². The molecule has 4 nitrogen and oxygen atoms in total. The summed E-state index contributed by atoms with van der Waals surface area (Å²) in [7, 11) is 1.66. The Labute approximate surface area is 138 Å². The highest BCUT2D eigenvalue weighted by atomic mass is 16.5. The van der Waals surface area contributed by atoms with Gasteiger partial charge in [0.1, 0.15) is 18.1 Å². The number of ether oxygens (including phenoxy) is 2. The minimum Gasteiger partial charge on any atom is -0.497 e. The molecule has 1 N–H and O–H groups in total. The number of carbonyl (C=O) groups excluding carboxylic acids is 1. The predicted molar refractivity (Wildman–Crippen MR) is 89.9 cm³/mol. The Morgan fingerprint density at radius 2 is 1.91 bits per heavy atom. The quantitative estimate of drug-likeness (QED) is 0.928. The fourth-order valence-electron chi connectivity index (χ4n) is 3.59. The van der Waals surface area contributed by atoms with E-state index in [4.69, 9.17) is 9.47 Å². The second-order valence-electron chi connectivity index (χ2n) is 6.74. The van der Waals surface area contributed by atoms with Crippen molar-refractivity contribution in [3.63, 3.8) is 0 Å². The number of fused-ring (bicyclic) bond motifs is 1. The van der Waals surface area contributed by atoms with Crippen LogP contribution >= 0.6 is 0 Å². The first-order valence-electron chi connectivity index (χ1n) is 8.86. The Balaban J connectivity index is 1.59. The number of methoxy groups -OCH3 is 1. The van der Waals surface area contributed by atoms with Gasteiger partial charge in [0.05, 0.1) is 13.0 Å². The summed E-state index contributed by atoms with van der Waals surface area (Å²) in [5.41, 5.74) is 1.06. The van der Waals surface area contributed by atoms with Crippen LogP contribution in [0.1, 0.15) is 50.5 Å². The van der Waals surface area contributed by atoms with E-state index in [-0.39, 0.29) is 11.8 Å². The highest BCUT2D eigenvalue weighted by molar-refractivity contribution is 5.80. The molecule has 0 radical (unpaired) electrons. The van der Waals surface area contributed by atoms with Gasteiger partial charge in [-0.15, -0.1) is 0 Å². The largest absolute Gasteiger partial charge is 0.497 e. The van der Waals surface area contributed by atoms with Gasteiger partial charge < -0.3 is 14.8 Å². The second-order valence-corrected chi connectivity index (χ2v) is 6.74. The maximum absolute atomic E-state index is 12.6. The highest BCUT2D eigenvalue weighted by Gasteiger charge is 2.27. The molecule has 23 heavy (non-hydrogen) atoms. The van der Waals surface area contributed by atoms with Crippen LogP contribution < -0.4 is 14.8 Å². The number of nitrogens with one attached hydrogen (secondary N) is 1. The molecule has 0 saturated heterocycles. The molecule has 1 fully saturated rings. The van der Waals surface area contributed by atoms with Crippen LogP contribution in [0, 0.1) is 5.92 Å². The molecule has 1 atom stereocenters. The van der Waals surface area contributed by atoms with Crippen molar-refractivity contribution in [2.45, 2.75) is 57.4 Å². The lowest BCUT2D eigenvalue weighted by atomic mass is 9.93. The first-order valence-corrected chi connectivity index (χ1v) is 8.86. The summed E-state index contributed by atoms with van der Waals surface area (Å²) in [6.07, 6.45) is 9.35. The van der Waals surface area contributed by atoms with Crippen LogP contribution in [0.15, 0.2) is 18.2 Å². The topological polar surface area (TPSA) is 47.6 Å². The predicted octanol–water partition coefficient (Wildman–Crippen LogP) is 3.48. The van der Waals surface area contributed by atoms with Gasteiger partial charge in [-0.05, 0) is 43.0 Å². The zero-order valence-corrected chi connectivity index (χ0v) is 14.0. The second kappa shape index (κ2) is 7.71. The normalized spacial score (nSPS) is 22.2. The molecule has 0 aromatic heterocycles. The Kier molecular flexibility index (Phi) is 5.42. The van der Waals surface area contributed by atoms with Crippen LogP contribution in [-0.4, -0.2) is 25.7 Å². The van der Waals surface area contributed by atoms with Gasteiger partial charge in [0.2, 0.25) is 5.91 Å². The molecule has 126 valence electrons. The maximum Gasteiger partial charge on any atom is 0.227 e. The van der Waals surface area contributed by atoms with Crippen molar-refractivity contribution in [1.82, 2.24) is 5.32 Å². The summed E-state index contributed by atoms with van der Waals surface area (Å²) >= 11 is 0. The molecule has 0 unspecified atom stereocenters. The average Bonchev–Trinajstić information content (AvgIpc) is 2.56. The molecular formula is C19H27NO3. The van der Waals surface area contributed by atoms with E-state index in [2.05, 4.69) is 5.32 Å². The van der Waals surface area contributed by atoms with Crippen LogP contribution in [0.4, 0.5) is 0 Å². The fraction of sp³-hybridized carbons (Fsp3) is 0.632. The van der Waals surface area contributed by atoms with Crippen molar-refractivity contribution in [1.29, 1.82) is 0 Å². The molecule has 0 spiro atoms. The van der Waals surface area contributed by atoms with Crippen molar-refractivity contribution < 1.29 is 14.3 Å². The minimum atomic E-state index is -0.0972. The summed E-state index contributed by atoms with van der Waals surface area (Å²) < 4.78 is 11.0. The van der Waals surface area contributed by atoms with E-state index in [1.165, 1.54) is 32.1 Å². The van der Waals surface area contributed by atoms with E-state index in [0.717, 1.165) is 36.3 Å². The lowest BCUT2D eigenvalue weighted by molar-refractivity contribution is -0.127. The van der Waals surface area contributed by atoms with Crippen LogP contribution in [-0.2, 0) is 11.2 Å². The van der Waals surface area contributed by atoms with Gasteiger partial charge >= 0.3 is 0 Å². The highest BCUT2D eigenvalue weighted by Crippen LogP contribution is 2.31. The van der Waals surface area contributed by atoms with Gasteiger partial charge in [0.25, 0.3) is 0 Å². The number of hydrogen-bond acceptors (Lipinski definition) is 3. The Morgan fingerprint density at radius 3 is 2.65 bits per heavy atom. The van der Waals surface area contributed by atoms with E-state index in [1.807, 2.05) is 18.2 Å². The molecule has 0 bridgehead atoms. The lowest BCUT2D eigenvalue weighted by Crippen LogP contribution is -2.42. The first kappa shape index (κ1) is 16.2. The van der Waals surface area contributed by atoms with Crippen LogP contribution in [0.5, 0.6) is 11.5 Å². The number of hydrogen-bond donors (Lipinski definition) is 1. The first-order chi connectivity index (χ1) is 11.3. The van der Waals surface area contributed by atoms with Gasteiger partial charge in [-0.1, -0.05) is 32.1 Å². The van der Waals surface area contributed by atoms with Crippen LogP contribution in [0.25, 0.3) is 0 Å². The molecular weight excluding hydrogens is 290 g/mol. The standard InChI is InChI=1S/C19H27NO3/c1-22-17-9-10-18-14(12-17)11-15(13-23-18)19(21)20-16-7-5-3-2-4-6-8-16/h9-10,12,15-16H,2-8,11,13H2,1H3,(H,20,21)/t15-/m0/s1. The van der Waals surface area contributed by atoms with Crippen molar-refractivity contribution in [3.8, 4) is 11.5 Å². The molecule has 1 aliphatic heterocycles. The average molecular weight is 317 g/mol. The van der Waals surface area contributed by atoms with E-state index in [0.29, 0.717) is 12.6 Å². The van der Waals surface area contributed by atoms with Crippen molar-refractivity contribution in [3.05, 3.63) is 23.8 Å². The Morgan fingerprint density at radius 1 is 1.17 bits per heavy atom. The van der Waals surface area contributed by atoms with E-state index in [1.54, 1.807) is 7.11 Å². The van der Waals surface area contributed by atoms with E-state index in [9.17, 15) is 4.79 Å². The molecule has 4 heteroatoms. The van der Waals surface area contributed by atoms with E-state index < -0.39 is 0 Å². The van der Waals surface area contributed by atoms with Crippen LogP contribution in [0.2, 0.25) is 0 Å². The number of carbonyl (C=O) groups is 1. The Hall–Kier alpha value is -1.71. The summed E-state index contributed by atoms with van der Waals surface area (Å²) in [6, 6.07) is 6.14. The molecule has 3 rings (SSSR count). The van der Waals surface area contributed by atoms with Gasteiger partial charge in [-0.3, -0.25) is 4.79 Å². The monoisotopic (exact) mass is 317 g/mol. The van der Waals surface area contributed by atoms with Crippen molar-refractivity contribution in [2.75, 3.05) is 13.7 Å². The molecule has 2 aliphatic rings. The fourth-order valence-corrected chi connectivity index (χ4v) is 3.59. The summed E-state index contributed by atoms with van der Waals surface area (Å²) in [5.74, 6) is 1.73. The number of benzene rings is 1. The van der Waals surface area contributed by atoms with Gasteiger partial charge in [0.15, 0.2) is 0 Å². The maximum atomic E-state index is 12.6. The smallest absolute Gasteiger partial charge is 0.227 e. The number of amides is 1. The lowest BCUT2D eigenvalue weighted by Gasteiger charge is -2.28. The molecule has 1 amide bonds. The third-order valence-corrected chi connectivity index (χ3v) is 5.00. The Bertz CT molecular complexity index is 535.